The zero-order chi connectivity index (χ0) is 19.5. The first-order valence-corrected chi connectivity index (χ1v) is 10.2. The molecule has 5 heteroatoms. The molecule has 3 aromatic rings. The molecule has 1 aromatic heterocycles. The Kier molecular flexibility index (Phi) is 5.26. The van der Waals surface area contributed by atoms with E-state index in [1.165, 1.54) is 0 Å². The maximum atomic E-state index is 13.0. The monoisotopic (exact) mass is 390 g/mol. The van der Waals surface area contributed by atoms with E-state index in [0.29, 0.717) is 13.1 Å². The van der Waals surface area contributed by atoms with Gasteiger partial charge in [-0.15, -0.1) is 11.3 Å². The molecule has 28 heavy (non-hydrogen) atoms. The maximum absolute atomic E-state index is 13.0. The van der Waals surface area contributed by atoms with Crippen LogP contribution in [0.3, 0.4) is 0 Å². The van der Waals surface area contributed by atoms with Gasteiger partial charge in [-0.25, -0.2) is 0 Å². The number of rotatable bonds is 6. The molecule has 0 aliphatic carbocycles. The molecule has 0 radical (unpaired) electrons. The summed E-state index contributed by atoms with van der Waals surface area (Å²) in [5.74, 6) is 0.0403. The van der Waals surface area contributed by atoms with Crippen molar-refractivity contribution in [3.05, 3.63) is 93.7 Å². The molecule has 1 aliphatic rings. The Morgan fingerprint density at radius 2 is 1.82 bits per heavy atom. The van der Waals surface area contributed by atoms with E-state index in [0.717, 1.165) is 21.6 Å². The van der Waals surface area contributed by atoms with Crippen LogP contribution in [0.2, 0.25) is 0 Å². The van der Waals surface area contributed by atoms with Gasteiger partial charge in [0.2, 0.25) is 5.91 Å². The van der Waals surface area contributed by atoms with Crippen LogP contribution in [-0.2, 0) is 17.9 Å². The quantitative estimate of drug-likeness (QED) is 0.622. The molecule has 1 aliphatic heterocycles. The van der Waals surface area contributed by atoms with E-state index in [1.54, 1.807) is 16.2 Å². The summed E-state index contributed by atoms with van der Waals surface area (Å²) in [6.07, 6.45) is 0.281. The normalized spacial score (nSPS) is 14.0. The van der Waals surface area contributed by atoms with Gasteiger partial charge in [0.25, 0.3) is 5.91 Å². The third kappa shape index (κ3) is 3.71. The van der Waals surface area contributed by atoms with Crippen molar-refractivity contribution in [1.29, 1.82) is 0 Å². The van der Waals surface area contributed by atoms with Gasteiger partial charge in [-0.1, -0.05) is 54.6 Å². The van der Waals surface area contributed by atoms with Gasteiger partial charge in [-0.05, 0) is 28.6 Å². The first kappa shape index (κ1) is 18.4. The van der Waals surface area contributed by atoms with Gasteiger partial charge in [-0.3, -0.25) is 9.59 Å². The van der Waals surface area contributed by atoms with E-state index >= 15 is 0 Å². The molecular formula is C23H22N2O2S. The largest absolute Gasteiger partial charge is 0.341 e. The van der Waals surface area contributed by atoms with E-state index in [9.17, 15) is 9.59 Å². The number of benzene rings is 2. The average molecular weight is 391 g/mol. The zero-order valence-electron chi connectivity index (χ0n) is 15.7. The fraction of sp³-hybridized carbons (Fsp3) is 0.217. The van der Waals surface area contributed by atoms with Gasteiger partial charge < -0.3 is 9.80 Å². The van der Waals surface area contributed by atoms with Crippen LogP contribution >= 0.6 is 11.3 Å². The van der Waals surface area contributed by atoms with Crippen molar-refractivity contribution in [2.75, 3.05) is 7.05 Å². The van der Waals surface area contributed by atoms with E-state index in [1.807, 2.05) is 84.1 Å². The van der Waals surface area contributed by atoms with Crippen LogP contribution in [0.1, 0.15) is 38.8 Å². The Morgan fingerprint density at radius 3 is 2.54 bits per heavy atom. The van der Waals surface area contributed by atoms with E-state index in [-0.39, 0.29) is 24.3 Å². The topological polar surface area (TPSA) is 40.6 Å². The number of thiophene rings is 1. The Labute approximate surface area is 169 Å². The number of nitrogens with zero attached hydrogens (tertiary/aromatic N) is 2. The molecule has 2 heterocycles. The van der Waals surface area contributed by atoms with Crippen LogP contribution in [0.25, 0.3) is 0 Å². The van der Waals surface area contributed by atoms with Crippen molar-refractivity contribution < 1.29 is 9.59 Å². The third-order valence-electron chi connectivity index (χ3n) is 5.15. The van der Waals surface area contributed by atoms with Crippen LogP contribution in [0.15, 0.2) is 72.1 Å². The minimum atomic E-state index is -0.245. The van der Waals surface area contributed by atoms with Crippen molar-refractivity contribution in [3.8, 4) is 0 Å². The van der Waals surface area contributed by atoms with Crippen molar-refractivity contribution in [3.63, 3.8) is 0 Å². The summed E-state index contributed by atoms with van der Waals surface area (Å²) in [6.45, 7) is 1.11. The Hall–Kier alpha value is -2.92. The molecule has 2 aromatic carbocycles. The Morgan fingerprint density at radius 1 is 1.07 bits per heavy atom. The van der Waals surface area contributed by atoms with Crippen molar-refractivity contribution in [2.24, 2.45) is 0 Å². The lowest BCUT2D eigenvalue weighted by Gasteiger charge is -2.28. The number of hydrogen-bond acceptors (Lipinski definition) is 3. The molecule has 0 fully saturated rings. The summed E-state index contributed by atoms with van der Waals surface area (Å²) < 4.78 is 0. The Bertz CT molecular complexity index is 969. The van der Waals surface area contributed by atoms with Crippen LogP contribution in [-0.4, -0.2) is 28.7 Å². The molecule has 0 saturated carbocycles. The van der Waals surface area contributed by atoms with Gasteiger partial charge in [-0.2, -0.15) is 0 Å². The highest BCUT2D eigenvalue weighted by atomic mass is 32.1. The standard InChI is InChI=1S/C23H22N2O2S/c1-24(15-17-8-3-2-4-9-17)22(26)14-20(21-12-7-13-28-21)25-16-18-10-5-6-11-19(18)23(25)27/h2-13,20H,14-16H2,1H3. The summed E-state index contributed by atoms with van der Waals surface area (Å²) in [7, 11) is 1.82. The van der Waals surface area contributed by atoms with Crippen molar-refractivity contribution in [2.45, 2.75) is 25.6 Å². The lowest BCUT2D eigenvalue weighted by molar-refractivity contribution is -0.131. The molecule has 1 atom stereocenters. The SMILES string of the molecule is CN(Cc1ccccc1)C(=O)CC(c1cccs1)N1Cc2ccccc2C1=O. The van der Waals surface area contributed by atoms with Gasteiger partial charge in [0.15, 0.2) is 0 Å². The van der Waals surface area contributed by atoms with Gasteiger partial charge in [0, 0.05) is 30.6 Å². The molecule has 0 spiro atoms. The van der Waals surface area contributed by atoms with Gasteiger partial charge >= 0.3 is 0 Å². The van der Waals surface area contributed by atoms with E-state index < -0.39 is 0 Å². The van der Waals surface area contributed by atoms with Gasteiger partial charge in [0.05, 0.1) is 12.5 Å². The highest BCUT2D eigenvalue weighted by Crippen LogP contribution is 2.35. The maximum Gasteiger partial charge on any atom is 0.255 e. The average Bonchev–Trinajstić information content (AvgIpc) is 3.36. The summed E-state index contributed by atoms with van der Waals surface area (Å²) in [5.41, 5.74) is 2.86. The molecule has 1 unspecified atom stereocenters. The fourth-order valence-corrected chi connectivity index (χ4v) is 4.48. The second kappa shape index (κ2) is 7.98. The number of carbonyl (C=O) groups is 2. The molecule has 4 rings (SSSR count). The van der Waals surface area contributed by atoms with Crippen LogP contribution < -0.4 is 0 Å². The minimum absolute atomic E-state index is 0.00696. The second-order valence-electron chi connectivity index (χ2n) is 7.06. The van der Waals surface area contributed by atoms with Crippen molar-refractivity contribution >= 4 is 23.2 Å². The van der Waals surface area contributed by atoms with Crippen LogP contribution in [0.5, 0.6) is 0 Å². The molecule has 0 bridgehead atoms. The number of hydrogen-bond donors (Lipinski definition) is 0. The first-order chi connectivity index (χ1) is 13.6. The molecule has 4 nitrogen and oxygen atoms in total. The number of amides is 2. The highest BCUT2D eigenvalue weighted by molar-refractivity contribution is 7.10. The third-order valence-corrected chi connectivity index (χ3v) is 6.13. The molecular weight excluding hydrogens is 368 g/mol. The predicted octanol–water partition coefficient (Wildman–Crippen LogP) is 4.49. The van der Waals surface area contributed by atoms with Gasteiger partial charge in [0.1, 0.15) is 0 Å². The lowest BCUT2D eigenvalue weighted by Crippen LogP contribution is -2.34. The van der Waals surface area contributed by atoms with Crippen molar-refractivity contribution in [1.82, 2.24) is 9.80 Å². The lowest BCUT2D eigenvalue weighted by atomic mass is 10.1. The van der Waals surface area contributed by atoms with Crippen LogP contribution in [0, 0.1) is 0 Å². The molecule has 0 saturated heterocycles. The highest BCUT2D eigenvalue weighted by Gasteiger charge is 2.35. The number of carbonyl (C=O) groups excluding carboxylic acids is 2. The smallest absolute Gasteiger partial charge is 0.255 e. The summed E-state index contributed by atoms with van der Waals surface area (Å²) >= 11 is 1.59. The molecule has 2 amide bonds. The second-order valence-corrected chi connectivity index (χ2v) is 8.04. The summed E-state index contributed by atoms with van der Waals surface area (Å²) in [5, 5.41) is 1.99. The number of fused-ring (bicyclic) bond motifs is 1. The Balaban J connectivity index is 1.53. The minimum Gasteiger partial charge on any atom is -0.341 e. The van der Waals surface area contributed by atoms with Crippen LogP contribution in [0.4, 0.5) is 0 Å². The first-order valence-electron chi connectivity index (χ1n) is 9.33. The zero-order valence-corrected chi connectivity index (χ0v) is 16.6. The summed E-state index contributed by atoms with van der Waals surface area (Å²) in [4.78, 5) is 30.6. The summed E-state index contributed by atoms with van der Waals surface area (Å²) in [6, 6.07) is 21.4. The van der Waals surface area contributed by atoms with E-state index in [2.05, 4.69) is 0 Å². The van der Waals surface area contributed by atoms with E-state index in [4.69, 9.17) is 0 Å². The predicted molar refractivity (Wildman–Crippen MR) is 111 cm³/mol. The molecule has 142 valence electrons. The molecule has 0 N–H and O–H groups in total. The fourth-order valence-electron chi connectivity index (χ4n) is 3.64.